The first-order valence-electron chi connectivity index (χ1n) is 12.1. The molecular formula is C30H31F2NO2. The summed E-state index contributed by atoms with van der Waals surface area (Å²) in [6.45, 7) is 5.71. The molecule has 2 aromatic carbocycles. The van der Waals surface area contributed by atoms with Crippen molar-refractivity contribution in [2.45, 2.75) is 39.0 Å². The number of nitrogens with one attached hydrogen (secondary N) is 1. The van der Waals surface area contributed by atoms with Crippen molar-refractivity contribution in [2.24, 2.45) is 11.8 Å². The Labute approximate surface area is 205 Å². The van der Waals surface area contributed by atoms with Crippen molar-refractivity contribution in [1.29, 1.82) is 0 Å². The predicted molar refractivity (Wildman–Crippen MR) is 138 cm³/mol. The van der Waals surface area contributed by atoms with E-state index in [0.717, 1.165) is 48.5 Å². The van der Waals surface area contributed by atoms with E-state index < -0.39 is 11.6 Å². The number of ether oxygens (including phenoxy) is 1. The first kappa shape index (κ1) is 24.6. The zero-order valence-electron chi connectivity index (χ0n) is 20.2. The van der Waals surface area contributed by atoms with Crippen molar-refractivity contribution in [3.8, 4) is 5.75 Å². The molecule has 0 bridgehead atoms. The van der Waals surface area contributed by atoms with E-state index >= 15 is 0 Å². The summed E-state index contributed by atoms with van der Waals surface area (Å²) in [5.74, 6) is -1.19. The van der Waals surface area contributed by atoms with Crippen LogP contribution in [0.4, 0.5) is 14.5 Å². The summed E-state index contributed by atoms with van der Waals surface area (Å²) >= 11 is 0. The Bertz CT molecular complexity index is 1220. The molecule has 0 saturated carbocycles. The van der Waals surface area contributed by atoms with Gasteiger partial charge in [0.05, 0.1) is 7.11 Å². The summed E-state index contributed by atoms with van der Waals surface area (Å²) in [7, 11) is 1.42. The molecular weight excluding hydrogens is 444 g/mol. The van der Waals surface area contributed by atoms with Crippen LogP contribution >= 0.6 is 0 Å². The number of carbonyl (C=O) groups is 1. The molecule has 35 heavy (non-hydrogen) atoms. The molecule has 2 aromatic rings. The molecule has 2 aliphatic rings. The molecule has 0 spiro atoms. The topological polar surface area (TPSA) is 38.3 Å². The molecule has 2 aliphatic carbocycles. The molecule has 3 nitrogen and oxygen atoms in total. The molecule has 0 aromatic heterocycles. The average molecular weight is 476 g/mol. The first-order chi connectivity index (χ1) is 16.9. The van der Waals surface area contributed by atoms with E-state index in [9.17, 15) is 13.6 Å². The van der Waals surface area contributed by atoms with Crippen molar-refractivity contribution in [2.75, 3.05) is 12.4 Å². The van der Waals surface area contributed by atoms with Gasteiger partial charge in [0.2, 0.25) is 5.91 Å². The molecule has 0 saturated heterocycles. The summed E-state index contributed by atoms with van der Waals surface area (Å²) in [4.78, 5) is 11.8. The minimum Gasteiger partial charge on any atom is -0.493 e. The third-order valence-electron chi connectivity index (χ3n) is 6.73. The molecule has 0 aliphatic heterocycles. The Hall–Kier alpha value is -3.47. The van der Waals surface area contributed by atoms with E-state index in [1.807, 2.05) is 24.3 Å². The van der Waals surface area contributed by atoms with Crippen LogP contribution in [0.3, 0.4) is 0 Å². The maximum atomic E-state index is 14.6. The Morgan fingerprint density at radius 3 is 2.80 bits per heavy atom. The molecule has 182 valence electrons. The van der Waals surface area contributed by atoms with E-state index in [1.54, 1.807) is 0 Å². The number of hydrogen-bond acceptors (Lipinski definition) is 2. The van der Waals surface area contributed by atoms with Gasteiger partial charge in [-0.05, 0) is 79.0 Å². The second kappa shape index (κ2) is 10.9. The van der Waals surface area contributed by atoms with Crippen LogP contribution < -0.4 is 10.1 Å². The zero-order valence-corrected chi connectivity index (χ0v) is 20.2. The standard InChI is InChI=1S/C30H31F2NO2/c1-4-29(34)33-24-10-7-9-21(15-24)22-14-19(2)12-13-20-8-5-6-11-25(26(20)16-22)27-17-23(31)18-28(32)30(27)35-3/h4,7,9-11,13-15,17-19,26H,1,5-6,8,12,16H2,2-3H3,(H,33,34). The van der Waals surface area contributed by atoms with Gasteiger partial charge in [0.25, 0.3) is 0 Å². The lowest BCUT2D eigenvalue weighted by Crippen LogP contribution is -2.12. The Kier molecular flexibility index (Phi) is 7.64. The van der Waals surface area contributed by atoms with E-state index in [4.69, 9.17) is 4.74 Å². The monoisotopic (exact) mass is 475 g/mol. The highest BCUT2D eigenvalue weighted by atomic mass is 19.1. The van der Waals surface area contributed by atoms with Crippen LogP contribution in [0.1, 0.15) is 50.2 Å². The smallest absolute Gasteiger partial charge is 0.247 e. The first-order valence-corrected chi connectivity index (χ1v) is 12.1. The van der Waals surface area contributed by atoms with Gasteiger partial charge < -0.3 is 10.1 Å². The number of carbonyl (C=O) groups excluding carboxylic acids is 1. The van der Waals surface area contributed by atoms with E-state index in [-0.39, 0.29) is 17.6 Å². The number of hydrogen-bond donors (Lipinski definition) is 1. The number of anilines is 1. The highest BCUT2D eigenvalue weighted by molar-refractivity contribution is 5.99. The number of rotatable bonds is 5. The van der Waals surface area contributed by atoms with Gasteiger partial charge in [0, 0.05) is 23.2 Å². The average Bonchev–Trinajstić information content (AvgIpc) is 3.02. The third kappa shape index (κ3) is 5.61. The van der Waals surface area contributed by atoms with Crippen LogP contribution in [0, 0.1) is 23.5 Å². The minimum absolute atomic E-state index is 0.0298. The van der Waals surface area contributed by atoms with Crippen LogP contribution in [-0.2, 0) is 4.79 Å². The summed E-state index contributed by atoms with van der Waals surface area (Å²) in [5.41, 5.74) is 5.54. The normalized spacial score (nSPS) is 20.2. The summed E-state index contributed by atoms with van der Waals surface area (Å²) in [5, 5.41) is 2.83. The van der Waals surface area contributed by atoms with Crippen LogP contribution in [-0.4, -0.2) is 13.0 Å². The quantitative estimate of drug-likeness (QED) is 0.355. The number of amides is 1. The van der Waals surface area contributed by atoms with Gasteiger partial charge in [-0.1, -0.05) is 49.4 Å². The fourth-order valence-electron chi connectivity index (χ4n) is 5.09. The number of halogens is 2. The molecule has 0 radical (unpaired) electrons. The van der Waals surface area contributed by atoms with Crippen LogP contribution in [0.2, 0.25) is 0 Å². The highest BCUT2D eigenvalue weighted by Crippen LogP contribution is 2.45. The zero-order chi connectivity index (χ0) is 24.9. The van der Waals surface area contributed by atoms with Gasteiger partial charge in [-0.3, -0.25) is 4.79 Å². The number of benzene rings is 2. The number of allylic oxidation sites excluding steroid dienone is 6. The van der Waals surface area contributed by atoms with E-state index in [1.165, 1.54) is 24.8 Å². The van der Waals surface area contributed by atoms with Gasteiger partial charge in [-0.15, -0.1) is 0 Å². The Morgan fingerprint density at radius 2 is 2.03 bits per heavy atom. The van der Waals surface area contributed by atoms with Crippen LogP contribution in [0.5, 0.6) is 5.75 Å². The fourth-order valence-corrected chi connectivity index (χ4v) is 5.09. The van der Waals surface area contributed by atoms with Crippen LogP contribution in [0.15, 0.2) is 72.9 Å². The van der Waals surface area contributed by atoms with E-state index in [2.05, 4.69) is 37.0 Å². The van der Waals surface area contributed by atoms with Gasteiger partial charge in [-0.25, -0.2) is 8.78 Å². The van der Waals surface area contributed by atoms with E-state index in [0.29, 0.717) is 23.6 Å². The van der Waals surface area contributed by atoms with Crippen molar-refractivity contribution >= 4 is 22.7 Å². The Morgan fingerprint density at radius 1 is 1.20 bits per heavy atom. The summed E-state index contributed by atoms with van der Waals surface area (Å²) in [6.07, 6.45) is 12.3. The van der Waals surface area contributed by atoms with Gasteiger partial charge in [0.15, 0.2) is 11.6 Å². The SMILES string of the molecule is C=CC(=O)Nc1cccc(C2=CC(C)CC=C3CCCC=C(c4cc(F)cc(F)c4OC)C3C2)c1. The molecule has 2 atom stereocenters. The number of fused-ring (bicyclic) bond motifs is 1. The van der Waals surface area contributed by atoms with Crippen molar-refractivity contribution in [3.05, 3.63) is 95.6 Å². The molecule has 4 rings (SSSR count). The summed E-state index contributed by atoms with van der Waals surface area (Å²) in [6, 6.07) is 10.0. The molecule has 0 heterocycles. The minimum atomic E-state index is -0.695. The van der Waals surface area contributed by atoms with Crippen LogP contribution in [0.25, 0.3) is 11.1 Å². The third-order valence-corrected chi connectivity index (χ3v) is 6.73. The largest absolute Gasteiger partial charge is 0.493 e. The number of methoxy groups -OCH3 is 1. The molecule has 0 fully saturated rings. The second-order valence-electron chi connectivity index (χ2n) is 9.23. The highest BCUT2D eigenvalue weighted by Gasteiger charge is 2.29. The molecule has 2 unspecified atom stereocenters. The molecule has 1 N–H and O–H groups in total. The van der Waals surface area contributed by atoms with Crippen molar-refractivity contribution in [3.63, 3.8) is 0 Å². The fraction of sp³-hybridized carbons (Fsp3) is 0.300. The van der Waals surface area contributed by atoms with Crippen molar-refractivity contribution < 1.29 is 18.3 Å². The lowest BCUT2D eigenvalue weighted by molar-refractivity contribution is -0.111. The second-order valence-corrected chi connectivity index (χ2v) is 9.23. The van der Waals surface area contributed by atoms with Gasteiger partial charge in [0.1, 0.15) is 5.82 Å². The van der Waals surface area contributed by atoms with Crippen molar-refractivity contribution in [1.82, 2.24) is 0 Å². The predicted octanol–water partition coefficient (Wildman–Crippen LogP) is 7.72. The van der Waals surface area contributed by atoms with Gasteiger partial charge >= 0.3 is 0 Å². The van der Waals surface area contributed by atoms with Gasteiger partial charge in [-0.2, -0.15) is 0 Å². The lowest BCUT2D eigenvalue weighted by Gasteiger charge is -2.28. The molecule has 1 amide bonds. The maximum absolute atomic E-state index is 14.6. The maximum Gasteiger partial charge on any atom is 0.247 e. The lowest BCUT2D eigenvalue weighted by atomic mass is 9.77. The summed E-state index contributed by atoms with van der Waals surface area (Å²) < 4.78 is 34.4. The Balaban J connectivity index is 1.78. The molecule has 5 heteroatoms.